The van der Waals surface area contributed by atoms with Crippen LogP contribution in [-0.2, 0) is 14.4 Å². The molecule has 9 heteroatoms. The molecule has 0 aromatic carbocycles. The Bertz CT molecular complexity index is 836. The number of aromatic nitrogens is 1. The van der Waals surface area contributed by atoms with Crippen molar-refractivity contribution in [2.45, 2.75) is 63.8 Å². The van der Waals surface area contributed by atoms with Gasteiger partial charge < -0.3 is 10.2 Å². The van der Waals surface area contributed by atoms with Gasteiger partial charge in [0.25, 0.3) is 0 Å². The molecule has 8 nitrogen and oxygen atoms in total. The molecule has 3 fully saturated rings. The molecule has 0 radical (unpaired) electrons. The third kappa shape index (κ3) is 5.03. The van der Waals surface area contributed by atoms with Gasteiger partial charge in [0, 0.05) is 18.9 Å². The zero-order chi connectivity index (χ0) is 22.0. The smallest absolute Gasteiger partial charge is 0.248 e. The first-order chi connectivity index (χ1) is 14.9. The van der Waals surface area contributed by atoms with Crippen molar-refractivity contribution >= 4 is 23.5 Å². The average Bonchev–Trinajstić information content (AvgIpc) is 3.13. The van der Waals surface area contributed by atoms with E-state index < -0.39 is 23.7 Å². The molecule has 2 heterocycles. The summed E-state index contributed by atoms with van der Waals surface area (Å²) in [4.78, 5) is 43.9. The summed E-state index contributed by atoms with van der Waals surface area (Å²) in [5, 5.41) is 11.7. The lowest BCUT2D eigenvalue weighted by atomic mass is 9.89. The van der Waals surface area contributed by atoms with Crippen LogP contribution in [0.5, 0.6) is 0 Å². The second-order valence-corrected chi connectivity index (χ2v) is 9.36. The number of nitrogens with zero attached hydrogens (tertiary/aromatic N) is 2. The predicted octanol–water partition coefficient (Wildman–Crippen LogP) is 2.63. The zero-order valence-electron chi connectivity index (χ0n) is 17.5. The third-order valence-electron chi connectivity index (χ3n) is 7.03. The highest BCUT2D eigenvalue weighted by atomic mass is 19.1. The Morgan fingerprint density at radius 2 is 2.00 bits per heavy atom. The van der Waals surface area contributed by atoms with Crippen molar-refractivity contribution in [1.82, 2.24) is 15.4 Å². The molecule has 1 spiro atoms. The highest BCUT2D eigenvalue weighted by Crippen LogP contribution is 2.55. The molecule has 1 aliphatic heterocycles. The molecule has 1 aromatic rings. The Kier molecular flexibility index (Phi) is 6.22. The van der Waals surface area contributed by atoms with E-state index in [1.54, 1.807) is 10.4 Å². The van der Waals surface area contributed by atoms with Gasteiger partial charge in [-0.3, -0.25) is 19.6 Å². The third-order valence-corrected chi connectivity index (χ3v) is 7.03. The number of rotatable bonds is 7. The Labute approximate surface area is 180 Å². The van der Waals surface area contributed by atoms with Crippen LogP contribution in [0.15, 0.2) is 18.3 Å². The van der Waals surface area contributed by atoms with E-state index in [0.717, 1.165) is 44.7 Å². The van der Waals surface area contributed by atoms with Gasteiger partial charge in [-0.2, -0.15) is 0 Å². The lowest BCUT2D eigenvalue weighted by Gasteiger charge is -2.29. The van der Waals surface area contributed by atoms with Crippen LogP contribution in [0.4, 0.5) is 10.2 Å². The summed E-state index contributed by atoms with van der Waals surface area (Å²) in [5.74, 6) is -1.58. The number of nitrogens with one attached hydrogen (secondary N) is 2. The summed E-state index contributed by atoms with van der Waals surface area (Å²) in [7, 11) is 0. The van der Waals surface area contributed by atoms with Gasteiger partial charge in [0.05, 0.1) is 6.20 Å². The van der Waals surface area contributed by atoms with Crippen molar-refractivity contribution in [2.24, 2.45) is 17.3 Å². The van der Waals surface area contributed by atoms with E-state index in [0.29, 0.717) is 25.3 Å². The fourth-order valence-corrected chi connectivity index (χ4v) is 5.14. The van der Waals surface area contributed by atoms with E-state index in [4.69, 9.17) is 5.21 Å². The van der Waals surface area contributed by atoms with Crippen LogP contribution in [0.1, 0.15) is 57.8 Å². The summed E-state index contributed by atoms with van der Waals surface area (Å²) in [5.41, 5.74) is 1.61. The second-order valence-electron chi connectivity index (χ2n) is 9.36. The van der Waals surface area contributed by atoms with Gasteiger partial charge >= 0.3 is 0 Å². The minimum Gasteiger partial charge on any atom is -0.330 e. The Morgan fingerprint density at radius 1 is 1.26 bits per heavy atom. The molecular formula is C22H29FN4O4. The van der Waals surface area contributed by atoms with Crippen molar-refractivity contribution in [3.05, 3.63) is 24.1 Å². The second kappa shape index (κ2) is 8.90. The number of carbonyl (C=O) groups is 3. The van der Waals surface area contributed by atoms with Crippen LogP contribution in [0.3, 0.4) is 0 Å². The lowest BCUT2D eigenvalue weighted by Crippen LogP contribution is -2.46. The number of pyridine rings is 1. The number of halogens is 1. The molecule has 2 saturated carbocycles. The van der Waals surface area contributed by atoms with Crippen molar-refractivity contribution in [1.29, 1.82) is 0 Å². The van der Waals surface area contributed by atoms with Gasteiger partial charge in [-0.05, 0) is 49.1 Å². The van der Waals surface area contributed by atoms with Crippen LogP contribution in [0, 0.1) is 23.1 Å². The standard InChI is InChI=1S/C22H29FN4O4/c23-16-5-6-18(24-12-16)25-20(29)17-11-22(7-8-22)13-27(17)21(30)15(10-19(28)26-31)9-14-3-1-2-4-14/h5-6,12,14-15,17,31H,1-4,7-11,13H2,(H,26,28)(H,24,25,29)/t15-,17?/m1/s1. The first-order valence-corrected chi connectivity index (χ1v) is 11.0. The molecule has 1 aromatic heterocycles. The molecule has 168 valence electrons. The van der Waals surface area contributed by atoms with E-state index in [1.165, 1.54) is 12.1 Å². The van der Waals surface area contributed by atoms with Crippen LogP contribution < -0.4 is 10.8 Å². The van der Waals surface area contributed by atoms with E-state index in [-0.39, 0.29) is 29.5 Å². The van der Waals surface area contributed by atoms with Gasteiger partial charge in [0.1, 0.15) is 17.7 Å². The van der Waals surface area contributed by atoms with Crippen LogP contribution >= 0.6 is 0 Å². The molecule has 3 amide bonds. The number of hydrogen-bond donors (Lipinski definition) is 3. The summed E-state index contributed by atoms with van der Waals surface area (Å²) >= 11 is 0. The molecule has 31 heavy (non-hydrogen) atoms. The molecule has 2 aliphatic carbocycles. The molecule has 2 atom stereocenters. The Hall–Kier alpha value is -2.55. The minimum atomic E-state index is -0.648. The van der Waals surface area contributed by atoms with Gasteiger partial charge in [0.2, 0.25) is 17.7 Å². The molecule has 3 N–H and O–H groups in total. The maximum atomic E-state index is 13.5. The van der Waals surface area contributed by atoms with Crippen LogP contribution in [0.25, 0.3) is 0 Å². The summed E-state index contributed by atoms with van der Waals surface area (Å²) in [6, 6.07) is 1.95. The first-order valence-electron chi connectivity index (χ1n) is 11.0. The molecule has 0 bridgehead atoms. The van der Waals surface area contributed by atoms with Gasteiger partial charge in [-0.25, -0.2) is 14.9 Å². The first kappa shape index (κ1) is 21.7. The minimum absolute atomic E-state index is 0.0228. The quantitative estimate of drug-likeness (QED) is 0.453. The van der Waals surface area contributed by atoms with E-state index in [1.807, 2.05) is 0 Å². The molecule has 1 saturated heterocycles. The van der Waals surface area contributed by atoms with E-state index in [2.05, 4.69) is 10.3 Å². The summed E-state index contributed by atoms with van der Waals surface area (Å²) in [6.07, 6.45) is 8.37. The van der Waals surface area contributed by atoms with Crippen molar-refractivity contribution in [3.63, 3.8) is 0 Å². The fraction of sp³-hybridized carbons (Fsp3) is 0.636. The Balaban J connectivity index is 1.50. The van der Waals surface area contributed by atoms with Gasteiger partial charge in [-0.15, -0.1) is 0 Å². The number of anilines is 1. The van der Waals surface area contributed by atoms with Gasteiger partial charge in [0.15, 0.2) is 0 Å². The molecule has 1 unspecified atom stereocenters. The Morgan fingerprint density at radius 3 is 2.61 bits per heavy atom. The maximum Gasteiger partial charge on any atom is 0.248 e. The average molecular weight is 432 g/mol. The number of hydroxylamine groups is 1. The number of likely N-dealkylation sites (tertiary alicyclic amines) is 1. The summed E-state index contributed by atoms with van der Waals surface area (Å²) in [6.45, 7) is 0.503. The molecule has 4 rings (SSSR count). The summed E-state index contributed by atoms with van der Waals surface area (Å²) < 4.78 is 13.1. The largest absolute Gasteiger partial charge is 0.330 e. The normalized spacial score (nSPS) is 23.0. The van der Waals surface area contributed by atoms with Crippen molar-refractivity contribution in [3.8, 4) is 0 Å². The SMILES string of the molecule is O=C(C[C@@H](CC1CCCC1)C(=O)N1CC2(CC2)CC1C(=O)Nc1ccc(F)cn1)NO. The highest BCUT2D eigenvalue weighted by Gasteiger charge is 2.55. The highest BCUT2D eigenvalue weighted by molar-refractivity contribution is 5.98. The van der Waals surface area contributed by atoms with Crippen molar-refractivity contribution < 1.29 is 24.0 Å². The lowest BCUT2D eigenvalue weighted by molar-refractivity contribution is -0.144. The zero-order valence-corrected chi connectivity index (χ0v) is 17.5. The van der Waals surface area contributed by atoms with Crippen LogP contribution in [-0.4, -0.2) is 45.4 Å². The number of amides is 3. The van der Waals surface area contributed by atoms with Crippen molar-refractivity contribution in [2.75, 3.05) is 11.9 Å². The molecular weight excluding hydrogens is 403 g/mol. The van der Waals surface area contributed by atoms with E-state index in [9.17, 15) is 18.8 Å². The fourth-order valence-electron chi connectivity index (χ4n) is 5.14. The van der Waals surface area contributed by atoms with Gasteiger partial charge in [-0.1, -0.05) is 25.7 Å². The predicted molar refractivity (Wildman–Crippen MR) is 109 cm³/mol. The van der Waals surface area contributed by atoms with Crippen LogP contribution in [0.2, 0.25) is 0 Å². The number of carbonyl (C=O) groups excluding carboxylic acids is 3. The maximum absolute atomic E-state index is 13.5. The number of hydrogen-bond acceptors (Lipinski definition) is 5. The molecule has 3 aliphatic rings. The topological polar surface area (TPSA) is 112 Å². The van der Waals surface area contributed by atoms with E-state index >= 15 is 0 Å². The monoisotopic (exact) mass is 432 g/mol.